The molecule has 1 aromatic carbocycles. The molecule has 1 aromatic heterocycles. The van der Waals surface area contributed by atoms with Gasteiger partial charge in [-0.25, -0.2) is 9.97 Å². The van der Waals surface area contributed by atoms with Crippen molar-refractivity contribution in [2.45, 2.75) is 25.1 Å². The molecular formula is C17H22N4O. The van der Waals surface area contributed by atoms with E-state index in [4.69, 9.17) is 0 Å². The molecule has 0 radical (unpaired) electrons. The van der Waals surface area contributed by atoms with Gasteiger partial charge in [0.2, 0.25) is 5.95 Å². The van der Waals surface area contributed by atoms with Crippen molar-refractivity contribution in [2.75, 3.05) is 26.0 Å². The van der Waals surface area contributed by atoms with Crippen LogP contribution in [0.1, 0.15) is 22.8 Å². The minimum absolute atomic E-state index is 0.103. The summed E-state index contributed by atoms with van der Waals surface area (Å²) in [5.74, 6) is 0.708. The second-order valence-corrected chi connectivity index (χ2v) is 6.12. The lowest BCUT2D eigenvalue weighted by atomic mass is 10.1. The number of aliphatic hydroxyl groups is 1. The predicted octanol–water partition coefficient (Wildman–Crippen LogP) is 1.63. The minimum atomic E-state index is -0.428. The smallest absolute Gasteiger partial charge is 0.224 e. The number of fused-ring (bicyclic) bond motifs is 1. The van der Waals surface area contributed by atoms with Gasteiger partial charge in [0.25, 0.3) is 0 Å². The number of rotatable bonds is 4. The first-order valence-electron chi connectivity index (χ1n) is 7.50. The lowest BCUT2D eigenvalue weighted by molar-refractivity contribution is 0.0720. The summed E-state index contributed by atoms with van der Waals surface area (Å²) in [6.45, 7) is 0.726. The molecule has 2 unspecified atom stereocenters. The van der Waals surface area contributed by atoms with Gasteiger partial charge < -0.3 is 10.0 Å². The first kappa shape index (κ1) is 14.9. The molecule has 0 saturated heterocycles. The van der Waals surface area contributed by atoms with E-state index in [1.54, 1.807) is 0 Å². The normalized spacial score (nSPS) is 20.2. The van der Waals surface area contributed by atoms with Crippen molar-refractivity contribution in [3.63, 3.8) is 0 Å². The zero-order valence-corrected chi connectivity index (χ0v) is 13.3. The second kappa shape index (κ2) is 6.02. The fourth-order valence-electron chi connectivity index (χ4n) is 3.02. The Hall–Kier alpha value is -1.98. The van der Waals surface area contributed by atoms with Crippen LogP contribution in [0.3, 0.4) is 0 Å². The number of anilines is 1. The van der Waals surface area contributed by atoms with E-state index < -0.39 is 6.10 Å². The highest BCUT2D eigenvalue weighted by molar-refractivity contribution is 5.36. The molecular weight excluding hydrogens is 276 g/mol. The van der Waals surface area contributed by atoms with Crippen LogP contribution in [0, 0.1) is 0 Å². The van der Waals surface area contributed by atoms with Crippen molar-refractivity contribution in [3.8, 4) is 0 Å². The van der Waals surface area contributed by atoms with Crippen LogP contribution in [-0.2, 0) is 13.0 Å². The summed E-state index contributed by atoms with van der Waals surface area (Å²) in [6.07, 6.45) is 4.16. The molecule has 1 heterocycles. The molecule has 2 aromatic rings. The zero-order chi connectivity index (χ0) is 15.7. The molecule has 0 bridgehead atoms. The topological polar surface area (TPSA) is 52.5 Å². The first-order chi connectivity index (χ1) is 10.6. The van der Waals surface area contributed by atoms with Crippen LogP contribution in [0.5, 0.6) is 0 Å². The van der Waals surface area contributed by atoms with Gasteiger partial charge in [0.15, 0.2) is 0 Å². The Bertz CT molecular complexity index is 641. The van der Waals surface area contributed by atoms with Crippen molar-refractivity contribution >= 4 is 5.95 Å². The van der Waals surface area contributed by atoms with Crippen molar-refractivity contribution in [1.29, 1.82) is 0 Å². The van der Waals surface area contributed by atoms with Crippen LogP contribution in [0.25, 0.3) is 0 Å². The van der Waals surface area contributed by atoms with Gasteiger partial charge in [-0.05, 0) is 24.6 Å². The van der Waals surface area contributed by atoms with Gasteiger partial charge in [0.05, 0.1) is 6.10 Å². The highest BCUT2D eigenvalue weighted by atomic mass is 16.3. The molecule has 0 fully saturated rings. The monoisotopic (exact) mass is 298 g/mol. The van der Waals surface area contributed by atoms with Gasteiger partial charge in [0, 0.05) is 44.6 Å². The summed E-state index contributed by atoms with van der Waals surface area (Å²) < 4.78 is 0. The molecule has 0 saturated carbocycles. The van der Waals surface area contributed by atoms with Gasteiger partial charge in [-0.15, -0.1) is 0 Å². The minimum Gasteiger partial charge on any atom is -0.387 e. The van der Waals surface area contributed by atoms with E-state index in [9.17, 15) is 5.11 Å². The van der Waals surface area contributed by atoms with Crippen LogP contribution in [0.2, 0.25) is 0 Å². The van der Waals surface area contributed by atoms with E-state index in [0.29, 0.717) is 5.95 Å². The first-order valence-corrected chi connectivity index (χ1v) is 7.50. The molecule has 116 valence electrons. The quantitative estimate of drug-likeness (QED) is 0.930. The van der Waals surface area contributed by atoms with Crippen LogP contribution in [0.4, 0.5) is 5.95 Å². The van der Waals surface area contributed by atoms with Gasteiger partial charge in [0.1, 0.15) is 0 Å². The Morgan fingerprint density at radius 2 is 1.82 bits per heavy atom. The third-order valence-electron chi connectivity index (χ3n) is 4.26. The van der Waals surface area contributed by atoms with E-state index in [2.05, 4.69) is 20.9 Å². The van der Waals surface area contributed by atoms with E-state index in [0.717, 1.165) is 24.1 Å². The number of hydrogen-bond donors (Lipinski definition) is 1. The predicted molar refractivity (Wildman–Crippen MR) is 86.7 cm³/mol. The molecule has 1 aliphatic rings. The fourth-order valence-corrected chi connectivity index (χ4v) is 3.02. The maximum atomic E-state index is 10.5. The molecule has 3 rings (SSSR count). The second-order valence-electron chi connectivity index (χ2n) is 6.12. The van der Waals surface area contributed by atoms with Crippen molar-refractivity contribution in [2.24, 2.45) is 0 Å². The molecule has 5 nitrogen and oxygen atoms in total. The molecule has 1 N–H and O–H groups in total. The summed E-state index contributed by atoms with van der Waals surface area (Å²) in [5, 5.41) is 10.5. The summed E-state index contributed by atoms with van der Waals surface area (Å²) in [4.78, 5) is 12.7. The Morgan fingerprint density at radius 1 is 1.14 bits per heavy atom. The van der Waals surface area contributed by atoms with Crippen LogP contribution < -0.4 is 4.90 Å². The Balaban J connectivity index is 1.69. The highest BCUT2D eigenvalue weighted by Gasteiger charge is 2.33. The van der Waals surface area contributed by atoms with E-state index in [1.807, 2.05) is 56.6 Å². The average molecular weight is 298 g/mol. The van der Waals surface area contributed by atoms with Gasteiger partial charge >= 0.3 is 0 Å². The SMILES string of the molecule is CN(C)c1ncc(CN(C)C2Cc3ccccc3C2O)cn1. The summed E-state index contributed by atoms with van der Waals surface area (Å²) >= 11 is 0. The van der Waals surface area contributed by atoms with Crippen molar-refractivity contribution in [3.05, 3.63) is 53.3 Å². The highest BCUT2D eigenvalue weighted by Crippen LogP contribution is 2.34. The number of likely N-dealkylation sites (N-methyl/N-ethyl adjacent to an activating group) is 1. The molecule has 0 spiro atoms. The van der Waals surface area contributed by atoms with Gasteiger partial charge in [-0.1, -0.05) is 24.3 Å². The largest absolute Gasteiger partial charge is 0.387 e. The van der Waals surface area contributed by atoms with E-state index >= 15 is 0 Å². The van der Waals surface area contributed by atoms with Gasteiger partial charge in [-0.3, -0.25) is 4.90 Å². The average Bonchev–Trinajstić information content (AvgIpc) is 2.85. The van der Waals surface area contributed by atoms with Crippen LogP contribution >= 0.6 is 0 Å². The molecule has 2 atom stereocenters. The summed E-state index contributed by atoms with van der Waals surface area (Å²) in [7, 11) is 5.89. The maximum absolute atomic E-state index is 10.5. The molecule has 22 heavy (non-hydrogen) atoms. The molecule has 0 amide bonds. The number of aliphatic hydroxyl groups excluding tert-OH is 1. The number of hydrogen-bond acceptors (Lipinski definition) is 5. The molecule has 0 aliphatic heterocycles. The van der Waals surface area contributed by atoms with Crippen LogP contribution in [0.15, 0.2) is 36.7 Å². The van der Waals surface area contributed by atoms with E-state index in [-0.39, 0.29) is 6.04 Å². The Kier molecular flexibility index (Phi) is 4.09. The summed E-state index contributed by atoms with van der Waals surface area (Å²) in [5.41, 5.74) is 3.35. The Labute approximate surface area is 131 Å². The number of aromatic nitrogens is 2. The van der Waals surface area contributed by atoms with Crippen molar-refractivity contribution < 1.29 is 5.11 Å². The molecule has 5 heteroatoms. The number of nitrogens with zero attached hydrogens (tertiary/aromatic N) is 4. The third kappa shape index (κ3) is 2.82. The Morgan fingerprint density at radius 3 is 2.45 bits per heavy atom. The fraction of sp³-hybridized carbons (Fsp3) is 0.412. The maximum Gasteiger partial charge on any atom is 0.224 e. The lowest BCUT2D eigenvalue weighted by Gasteiger charge is -2.27. The summed E-state index contributed by atoms with van der Waals surface area (Å²) in [6, 6.07) is 8.23. The van der Waals surface area contributed by atoms with Crippen molar-refractivity contribution in [1.82, 2.24) is 14.9 Å². The zero-order valence-electron chi connectivity index (χ0n) is 13.3. The standard InChI is InChI=1S/C17H22N4O/c1-20(2)17-18-9-12(10-19-17)11-21(3)15-8-13-6-4-5-7-14(13)16(15)22/h4-7,9-10,15-16,22H,8,11H2,1-3H3. The van der Waals surface area contributed by atoms with E-state index in [1.165, 1.54) is 5.56 Å². The lowest BCUT2D eigenvalue weighted by Crippen LogP contribution is -2.34. The third-order valence-corrected chi connectivity index (χ3v) is 4.26. The number of benzene rings is 1. The van der Waals surface area contributed by atoms with Crippen LogP contribution in [-0.4, -0.2) is 47.2 Å². The van der Waals surface area contributed by atoms with Gasteiger partial charge in [-0.2, -0.15) is 0 Å². The molecule has 1 aliphatic carbocycles.